The third-order valence-corrected chi connectivity index (χ3v) is 8.21. The second kappa shape index (κ2) is 12.5. The first-order valence-electron chi connectivity index (χ1n) is 14.8. The second-order valence-corrected chi connectivity index (χ2v) is 11.7. The summed E-state index contributed by atoms with van der Waals surface area (Å²) in [7, 11) is 0. The molecule has 0 radical (unpaired) electrons. The number of nitrogens with zero attached hydrogens (tertiary/aromatic N) is 3. The molecule has 2 aromatic heterocycles. The molecular weight excluding hydrogens is 519 g/mol. The molecular formula is C33H41FN4OS. The molecule has 5 nitrogen and oxygen atoms in total. The Morgan fingerprint density at radius 1 is 1.10 bits per heavy atom. The lowest BCUT2D eigenvalue weighted by Crippen LogP contribution is -2.25. The summed E-state index contributed by atoms with van der Waals surface area (Å²) in [6.45, 7) is 10.8. The van der Waals surface area contributed by atoms with E-state index in [9.17, 15) is 4.39 Å². The molecule has 0 saturated carbocycles. The van der Waals surface area contributed by atoms with Crippen molar-refractivity contribution in [2.75, 3.05) is 6.54 Å². The highest BCUT2D eigenvalue weighted by molar-refractivity contribution is 7.80. The molecule has 1 aliphatic rings. The number of thiocarbonyl (C=S) groups is 1. The zero-order chi connectivity index (χ0) is 28.2. The van der Waals surface area contributed by atoms with E-state index in [2.05, 4.69) is 55.8 Å². The molecule has 7 heteroatoms. The Bertz CT molecular complexity index is 1480. The van der Waals surface area contributed by atoms with Crippen molar-refractivity contribution in [2.45, 2.75) is 91.7 Å². The zero-order valence-corrected chi connectivity index (χ0v) is 25.0. The van der Waals surface area contributed by atoms with Gasteiger partial charge in [-0.05, 0) is 73.4 Å². The van der Waals surface area contributed by atoms with E-state index in [-0.39, 0.29) is 5.82 Å². The van der Waals surface area contributed by atoms with Gasteiger partial charge in [0.1, 0.15) is 34.5 Å². The molecule has 40 heavy (non-hydrogen) atoms. The van der Waals surface area contributed by atoms with Crippen LogP contribution in [0, 0.1) is 12.7 Å². The first-order chi connectivity index (χ1) is 19.4. The van der Waals surface area contributed by atoms with Crippen molar-refractivity contribution in [2.24, 2.45) is 0 Å². The van der Waals surface area contributed by atoms with Gasteiger partial charge in [-0.3, -0.25) is 0 Å². The third-order valence-electron chi connectivity index (χ3n) is 7.87. The van der Waals surface area contributed by atoms with Crippen LogP contribution in [0.4, 0.5) is 4.39 Å². The van der Waals surface area contributed by atoms with Crippen LogP contribution >= 0.6 is 12.2 Å². The van der Waals surface area contributed by atoms with E-state index >= 15 is 0 Å². The summed E-state index contributed by atoms with van der Waals surface area (Å²) >= 11 is 6.02. The molecule has 3 heterocycles. The predicted molar refractivity (Wildman–Crippen MR) is 165 cm³/mol. The number of ether oxygens (including phenoxy) is 1. The van der Waals surface area contributed by atoms with E-state index in [1.807, 2.05) is 16.6 Å². The molecule has 1 N–H and O–H groups in total. The van der Waals surface area contributed by atoms with Gasteiger partial charge in [0.05, 0.1) is 0 Å². The average Bonchev–Trinajstić information content (AvgIpc) is 3.33. The number of hydrogen-bond acceptors (Lipinski definition) is 3. The first-order valence-corrected chi connectivity index (χ1v) is 15.2. The molecule has 4 aromatic rings. The highest BCUT2D eigenvalue weighted by atomic mass is 32.1. The number of unbranched alkanes of at least 4 members (excludes halogenated alkanes) is 3. The molecule has 0 bridgehead atoms. The summed E-state index contributed by atoms with van der Waals surface area (Å²) in [6.07, 6.45) is 7.74. The van der Waals surface area contributed by atoms with Crippen molar-refractivity contribution in [3.05, 3.63) is 76.5 Å². The minimum Gasteiger partial charge on any atom is -0.485 e. The summed E-state index contributed by atoms with van der Waals surface area (Å²) in [5, 5.41) is 8.65. The molecule has 0 aliphatic carbocycles. The fourth-order valence-electron chi connectivity index (χ4n) is 5.77. The lowest BCUT2D eigenvalue weighted by atomic mass is 9.98. The number of benzene rings is 2. The molecule has 0 spiro atoms. The van der Waals surface area contributed by atoms with E-state index < -0.39 is 0 Å². The van der Waals surface area contributed by atoms with Gasteiger partial charge in [-0.1, -0.05) is 76.5 Å². The van der Waals surface area contributed by atoms with Crippen molar-refractivity contribution < 1.29 is 9.13 Å². The number of aryl methyl sites for hydroxylation is 3. The molecule has 0 saturated heterocycles. The van der Waals surface area contributed by atoms with Crippen LogP contribution in [0.15, 0.2) is 42.5 Å². The van der Waals surface area contributed by atoms with Crippen molar-refractivity contribution >= 4 is 22.9 Å². The van der Waals surface area contributed by atoms with Crippen LogP contribution < -0.4 is 10.1 Å². The topological polar surface area (TPSA) is 43.5 Å². The van der Waals surface area contributed by atoms with Crippen LogP contribution in [0.3, 0.4) is 0 Å². The fourth-order valence-corrected chi connectivity index (χ4v) is 6.06. The fraction of sp³-hybridized carbons (Fsp3) is 0.455. The van der Waals surface area contributed by atoms with Gasteiger partial charge in [-0.25, -0.2) is 8.91 Å². The average molecular weight is 561 g/mol. The molecule has 0 fully saturated rings. The maximum absolute atomic E-state index is 13.9. The van der Waals surface area contributed by atoms with E-state index in [4.69, 9.17) is 22.1 Å². The van der Waals surface area contributed by atoms with Crippen molar-refractivity contribution in [3.63, 3.8) is 0 Å². The highest BCUT2D eigenvalue weighted by Gasteiger charge is 2.29. The molecule has 1 aliphatic heterocycles. The van der Waals surface area contributed by atoms with Gasteiger partial charge in [0, 0.05) is 24.2 Å². The second-order valence-electron chi connectivity index (χ2n) is 11.3. The Balaban J connectivity index is 1.57. The molecule has 0 unspecified atom stereocenters. The summed E-state index contributed by atoms with van der Waals surface area (Å²) in [4.78, 5) is 0.690. The number of hydrogen-bond donors (Lipinski definition) is 1. The van der Waals surface area contributed by atoms with Crippen LogP contribution in [0.25, 0.3) is 16.8 Å². The van der Waals surface area contributed by atoms with Crippen molar-refractivity contribution in [1.29, 1.82) is 0 Å². The van der Waals surface area contributed by atoms with Gasteiger partial charge in [-0.2, -0.15) is 0 Å². The van der Waals surface area contributed by atoms with Crippen LogP contribution in [0.5, 0.6) is 5.75 Å². The lowest BCUT2D eigenvalue weighted by molar-refractivity contribution is 0.284. The van der Waals surface area contributed by atoms with Gasteiger partial charge >= 0.3 is 0 Å². The van der Waals surface area contributed by atoms with Crippen LogP contribution in [-0.4, -0.2) is 25.7 Å². The van der Waals surface area contributed by atoms with E-state index in [1.54, 1.807) is 0 Å². The Hall–Kier alpha value is -3.19. The standard InChI is InChI=1S/C33H41FN4OS/c1-5-6-7-9-18-35-32(40)31-30(24-13-15-25(34)16-14-24)27-11-8-10-19-37-29(36-38(31)33(27)37)21-39-28-20-23(4)12-17-26(28)22(2)3/h12-17,20,22H,5-11,18-19,21H2,1-4H3,(H,35,40). The van der Waals surface area contributed by atoms with Crippen molar-refractivity contribution in [1.82, 2.24) is 19.5 Å². The van der Waals surface area contributed by atoms with Gasteiger partial charge in [-0.15, -0.1) is 5.10 Å². The third kappa shape index (κ3) is 5.80. The molecule has 212 valence electrons. The zero-order valence-electron chi connectivity index (χ0n) is 24.2. The Morgan fingerprint density at radius 3 is 2.65 bits per heavy atom. The normalized spacial score (nSPS) is 13.2. The minimum atomic E-state index is -0.240. The molecule has 2 aromatic carbocycles. The minimum absolute atomic E-state index is 0.240. The van der Waals surface area contributed by atoms with Gasteiger partial charge < -0.3 is 14.6 Å². The maximum Gasteiger partial charge on any atom is 0.169 e. The number of halogens is 1. The Kier molecular flexibility index (Phi) is 8.89. The van der Waals surface area contributed by atoms with Crippen LogP contribution in [-0.2, 0) is 19.6 Å². The van der Waals surface area contributed by atoms with Gasteiger partial charge in [0.2, 0.25) is 0 Å². The SMILES string of the molecule is CCCCCCNC(=S)c1c(-c2ccc(F)cc2)c2c3n(c(COc4cc(C)ccc4C(C)C)nn13)CCCC2. The molecule has 0 amide bonds. The van der Waals surface area contributed by atoms with Crippen LogP contribution in [0.1, 0.15) is 93.4 Å². The highest BCUT2D eigenvalue weighted by Crippen LogP contribution is 2.37. The van der Waals surface area contributed by atoms with Gasteiger partial charge in [0.15, 0.2) is 5.82 Å². The summed E-state index contributed by atoms with van der Waals surface area (Å²) in [5.41, 5.74) is 7.62. The van der Waals surface area contributed by atoms with E-state index in [1.165, 1.54) is 48.1 Å². The maximum atomic E-state index is 13.9. The van der Waals surface area contributed by atoms with Crippen molar-refractivity contribution in [3.8, 4) is 16.9 Å². The van der Waals surface area contributed by atoms with E-state index in [0.717, 1.165) is 72.8 Å². The summed E-state index contributed by atoms with van der Waals surface area (Å²) in [6, 6.07) is 13.2. The van der Waals surface area contributed by atoms with Gasteiger partial charge in [0.25, 0.3) is 0 Å². The quantitative estimate of drug-likeness (QED) is 0.149. The predicted octanol–water partition coefficient (Wildman–Crippen LogP) is 8.13. The monoisotopic (exact) mass is 560 g/mol. The Morgan fingerprint density at radius 2 is 1.90 bits per heavy atom. The summed E-state index contributed by atoms with van der Waals surface area (Å²) in [5.74, 6) is 1.94. The molecule has 0 atom stereocenters. The van der Waals surface area contributed by atoms with Crippen LogP contribution in [0.2, 0.25) is 0 Å². The number of nitrogens with one attached hydrogen (secondary N) is 1. The van der Waals surface area contributed by atoms with E-state index in [0.29, 0.717) is 17.5 Å². The first kappa shape index (κ1) is 28.3. The number of aromatic nitrogens is 3. The summed E-state index contributed by atoms with van der Waals surface area (Å²) < 4.78 is 24.7. The number of rotatable bonds is 11. The smallest absolute Gasteiger partial charge is 0.169 e. The lowest BCUT2D eigenvalue weighted by Gasteiger charge is -2.15. The molecule has 5 rings (SSSR count). The largest absolute Gasteiger partial charge is 0.485 e. The Labute approximate surface area is 242 Å².